The highest BCUT2D eigenvalue weighted by Gasteiger charge is 2.21. The first-order valence-electron chi connectivity index (χ1n) is 6.84. The maximum atomic E-state index is 11.0. The fourth-order valence-corrected chi connectivity index (χ4v) is 2.46. The standard InChI is InChI=1S/C15H22N2O2/c1-19-15(18)7-9-16-14-8-10-17(12-14)11-13-5-3-2-4-6-13/h2-6,14,16H,7-12H2,1H3. The average molecular weight is 262 g/mol. The van der Waals surface area contributed by atoms with Gasteiger partial charge in [0.05, 0.1) is 13.5 Å². The SMILES string of the molecule is COC(=O)CCNC1CCN(Cc2ccccc2)C1. The maximum Gasteiger partial charge on any atom is 0.306 e. The molecule has 2 rings (SSSR count). The van der Waals surface area contributed by atoms with Gasteiger partial charge in [0.25, 0.3) is 0 Å². The molecule has 1 aromatic rings. The van der Waals surface area contributed by atoms with Crippen LogP contribution in [-0.4, -0.2) is 43.7 Å². The quantitative estimate of drug-likeness (QED) is 0.787. The first-order valence-corrected chi connectivity index (χ1v) is 6.84. The Kier molecular flexibility index (Phi) is 5.36. The zero-order chi connectivity index (χ0) is 13.5. The van der Waals surface area contributed by atoms with Crippen molar-refractivity contribution in [2.24, 2.45) is 0 Å². The molecule has 1 aliphatic heterocycles. The van der Waals surface area contributed by atoms with Crippen LogP contribution in [-0.2, 0) is 16.1 Å². The van der Waals surface area contributed by atoms with Gasteiger partial charge in [-0.3, -0.25) is 9.69 Å². The van der Waals surface area contributed by atoms with Crippen LogP contribution in [0.15, 0.2) is 30.3 Å². The number of carbonyl (C=O) groups excluding carboxylic acids is 1. The van der Waals surface area contributed by atoms with E-state index in [1.54, 1.807) is 0 Å². The zero-order valence-electron chi connectivity index (χ0n) is 11.5. The summed E-state index contributed by atoms with van der Waals surface area (Å²) >= 11 is 0. The Bertz CT molecular complexity index is 394. The molecular weight excluding hydrogens is 240 g/mol. The molecular formula is C15H22N2O2. The Morgan fingerprint density at radius 1 is 1.42 bits per heavy atom. The topological polar surface area (TPSA) is 41.6 Å². The summed E-state index contributed by atoms with van der Waals surface area (Å²) in [6.07, 6.45) is 1.60. The number of benzene rings is 1. The molecule has 0 saturated carbocycles. The monoisotopic (exact) mass is 262 g/mol. The molecule has 0 aromatic heterocycles. The minimum absolute atomic E-state index is 0.147. The van der Waals surface area contributed by atoms with E-state index in [4.69, 9.17) is 0 Å². The molecule has 1 N–H and O–H groups in total. The maximum absolute atomic E-state index is 11.0. The highest BCUT2D eigenvalue weighted by Crippen LogP contribution is 2.13. The predicted octanol–water partition coefficient (Wildman–Crippen LogP) is 1.41. The van der Waals surface area contributed by atoms with E-state index in [-0.39, 0.29) is 5.97 Å². The molecule has 4 nitrogen and oxygen atoms in total. The lowest BCUT2D eigenvalue weighted by Crippen LogP contribution is -2.33. The lowest BCUT2D eigenvalue weighted by Gasteiger charge is -2.16. The number of methoxy groups -OCH3 is 1. The summed E-state index contributed by atoms with van der Waals surface area (Å²) in [5.74, 6) is -0.147. The van der Waals surface area contributed by atoms with Crippen molar-refractivity contribution in [2.75, 3.05) is 26.7 Å². The van der Waals surface area contributed by atoms with Crippen LogP contribution in [0.4, 0.5) is 0 Å². The third kappa shape index (κ3) is 4.65. The van der Waals surface area contributed by atoms with E-state index in [1.165, 1.54) is 12.7 Å². The van der Waals surface area contributed by atoms with Crippen LogP contribution in [0.2, 0.25) is 0 Å². The van der Waals surface area contributed by atoms with Crippen LogP contribution in [0.25, 0.3) is 0 Å². The van der Waals surface area contributed by atoms with Crippen molar-refractivity contribution in [3.05, 3.63) is 35.9 Å². The number of ether oxygens (including phenoxy) is 1. The Labute approximate surface area is 114 Å². The molecule has 104 valence electrons. The molecule has 1 fully saturated rings. The van der Waals surface area contributed by atoms with E-state index in [0.717, 1.165) is 26.1 Å². The van der Waals surface area contributed by atoms with Gasteiger partial charge in [-0.1, -0.05) is 30.3 Å². The van der Waals surface area contributed by atoms with Gasteiger partial charge in [-0.25, -0.2) is 0 Å². The van der Waals surface area contributed by atoms with Gasteiger partial charge in [0.1, 0.15) is 0 Å². The van der Waals surface area contributed by atoms with Gasteiger partial charge < -0.3 is 10.1 Å². The van der Waals surface area contributed by atoms with Crippen molar-refractivity contribution in [1.82, 2.24) is 10.2 Å². The highest BCUT2D eigenvalue weighted by molar-refractivity contribution is 5.69. The molecule has 0 amide bonds. The van der Waals surface area contributed by atoms with E-state index >= 15 is 0 Å². The molecule has 1 atom stereocenters. The van der Waals surface area contributed by atoms with Crippen molar-refractivity contribution in [2.45, 2.75) is 25.4 Å². The van der Waals surface area contributed by atoms with Crippen LogP contribution >= 0.6 is 0 Å². The fraction of sp³-hybridized carbons (Fsp3) is 0.533. The van der Waals surface area contributed by atoms with E-state index in [9.17, 15) is 4.79 Å². The van der Waals surface area contributed by atoms with Crippen molar-refractivity contribution in [3.63, 3.8) is 0 Å². The second-order valence-corrected chi connectivity index (χ2v) is 4.99. The molecule has 1 aliphatic rings. The Hall–Kier alpha value is -1.39. The largest absolute Gasteiger partial charge is 0.469 e. The van der Waals surface area contributed by atoms with Crippen LogP contribution in [0.1, 0.15) is 18.4 Å². The summed E-state index contributed by atoms with van der Waals surface area (Å²) in [5.41, 5.74) is 1.36. The van der Waals surface area contributed by atoms with Gasteiger partial charge in [-0.15, -0.1) is 0 Å². The molecule has 4 heteroatoms. The smallest absolute Gasteiger partial charge is 0.306 e. The van der Waals surface area contributed by atoms with Crippen LogP contribution in [0.5, 0.6) is 0 Å². The van der Waals surface area contributed by atoms with Crippen LogP contribution < -0.4 is 5.32 Å². The number of nitrogens with zero attached hydrogens (tertiary/aromatic N) is 1. The Morgan fingerprint density at radius 3 is 2.95 bits per heavy atom. The van der Waals surface area contributed by atoms with Crippen molar-refractivity contribution < 1.29 is 9.53 Å². The molecule has 0 radical (unpaired) electrons. The first kappa shape index (κ1) is 14.0. The summed E-state index contributed by atoms with van der Waals surface area (Å²) in [6, 6.07) is 11.0. The summed E-state index contributed by atoms with van der Waals surface area (Å²) in [5, 5.41) is 3.42. The summed E-state index contributed by atoms with van der Waals surface area (Å²) in [6.45, 7) is 3.88. The molecule has 1 saturated heterocycles. The number of rotatable bonds is 6. The van der Waals surface area contributed by atoms with Gasteiger partial charge in [-0.05, 0) is 12.0 Å². The van der Waals surface area contributed by atoms with E-state index < -0.39 is 0 Å². The van der Waals surface area contributed by atoms with Gasteiger partial charge in [-0.2, -0.15) is 0 Å². The minimum atomic E-state index is -0.147. The highest BCUT2D eigenvalue weighted by atomic mass is 16.5. The van der Waals surface area contributed by atoms with Crippen molar-refractivity contribution >= 4 is 5.97 Å². The molecule has 1 unspecified atom stereocenters. The lowest BCUT2D eigenvalue weighted by atomic mass is 10.2. The second-order valence-electron chi connectivity index (χ2n) is 4.99. The summed E-state index contributed by atoms with van der Waals surface area (Å²) < 4.78 is 4.63. The van der Waals surface area contributed by atoms with Gasteiger partial charge >= 0.3 is 5.97 Å². The molecule has 0 aliphatic carbocycles. The number of esters is 1. The molecule has 0 bridgehead atoms. The normalized spacial score (nSPS) is 19.5. The number of carbonyl (C=O) groups is 1. The van der Waals surface area contributed by atoms with Crippen LogP contribution in [0, 0.1) is 0 Å². The number of nitrogens with one attached hydrogen (secondary N) is 1. The van der Waals surface area contributed by atoms with Crippen molar-refractivity contribution in [3.8, 4) is 0 Å². The van der Waals surface area contributed by atoms with Crippen molar-refractivity contribution in [1.29, 1.82) is 0 Å². The van der Waals surface area contributed by atoms with Gasteiger partial charge in [0.2, 0.25) is 0 Å². The Morgan fingerprint density at radius 2 is 2.21 bits per heavy atom. The predicted molar refractivity (Wildman–Crippen MR) is 74.8 cm³/mol. The zero-order valence-corrected chi connectivity index (χ0v) is 11.5. The third-order valence-corrected chi connectivity index (χ3v) is 3.51. The van der Waals surface area contributed by atoms with Crippen LogP contribution in [0.3, 0.4) is 0 Å². The first-order chi connectivity index (χ1) is 9.28. The molecule has 1 heterocycles. The molecule has 1 aromatic carbocycles. The minimum Gasteiger partial charge on any atom is -0.469 e. The number of hydrogen-bond acceptors (Lipinski definition) is 4. The summed E-state index contributed by atoms with van der Waals surface area (Å²) in [4.78, 5) is 13.5. The van der Waals surface area contributed by atoms with Gasteiger partial charge in [0, 0.05) is 32.2 Å². The molecule has 19 heavy (non-hydrogen) atoms. The fourth-order valence-electron chi connectivity index (χ4n) is 2.46. The Balaban J connectivity index is 1.67. The number of likely N-dealkylation sites (tertiary alicyclic amines) is 1. The summed E-state index contributed by atoms with van der Waals surface area (Å²) in [7, 11) is 1.43. The number of hydrogen-bond donors (Lipinski definition) is 1. The van der Waals surface area contributed by atoms with Gasteiger partial charge in [0.15, 0.2) is 0 Å². The average Bonchev–Trinajstić information content (AvgIpc) is 2.87. The second kappa shape index (κ2) is 7.26. The lowest BCUT2D eigenvalue weighted by molar-refractivity contribution is -0.140. The van der Waals surface area contributed by atoms with E-state index in [0.29, 0.717) is 19.0 Å². The molecule has 0 spiro atoms. The van der Waals surface area contributed by atoms with E-state index in [2.05, 4.69) is 39.2 Å². The third-order valence-electron chi connectivity index (χ3n) is 3.51. The van der Waals surface area contributed by atoms with E-state index in [1.807, 2.05) is 6.07 Å².